The molecule has 0 aliphatic heterocycles. The number of aryl methyl sites for hydroxylation is 1. The van der Waals surface area contributed by atoms with Gasteiger partial charge >= 0.3 is 5.97 Å². The van der Waals surface area contributed by atoms with E-state index in [-0.39, 0.29) is 6.54 Å². The Labute approximate surface area is 111 Å². The van der Waals surface area contributed by atoms with Gasteiger partial charge in [-0.3, -0.25) is 14.4 Å². The Hall–Kier alpha value is -2.21. The van der Waals surface area contributed by atoms with E-state index in [0.717, 1.165) is 11.3 Å². The largest absolute Gasteiger partial charge is 0.480 e. The molecule has 0 saturated heterocycles. The van der Waals surface area contributed by atoms with E-state index in [0.29, 0.717) is 13.1 Å². The molecule has 0 amide bonds. The molecule has 0 fully saturated rings. The fraction of sp³-hybridized carbons (Fsp3) is 0.308. The third-order valence-electron chi connectivity index (χ3n) is 2.64. The van der Waals surface area contributed by atoms with Gasteiger partial charge in [-0.15, -0.1) is 5.10 Å². The molecule has 0 saturated carbocycles. The summed E-state index contributed by atoms with van der Waals surface area (Å²) in [6.07, 6.45) is 1.79. The highest BCUT2D eigenvalue weighted by Gasteiger charge is 2.12. The van der Waals surface area contributed by atoms with Gasteiger partial charge in [-0.25, -0.2) is 0 Å². The van der Waals surface area contributed by atoms with Crippen molar-refractivity contribution in [2.24, 2.45) is 7.05 Å². The minimum Gasteiger partial charge on any atom is -0.480 e. The van der Waals surface area contributed by atoms with Crippen molar-refractivity contribution in [3.8, 4) is 0 Å². The number of aliphatic carboxylic acids is 1. The fourth-order valence-electron chi connectivity index (χ4n) is 1.90. The molecule has 0 radical (unpaired) electrons. The Kier molecular flexibility index (Phi) is 4.25. The lowest BCUT2D eigenvalue weighted by Gasteiger charge is -2.18. The maximum atomic E-state index is 10.9. The second-order valence-electron chi connectivity index (χ2n) is 4.41. The highest BCUT2D eigenvalue weighted by atomic mass is 16.4. The summed E-state index contributed by atoms with van der Waals surface area (Å²) in [4.78, 5) is 12.7. The first kappa shape index (κ1) is 13.2. The van der Waals surface area contributed by atoms with Crippen LogP contribution in [0.5, 0.6) is 0 Å². The van der Waals surface area contributed by atoms with Crippen molar-refractivity contribution < 1.29 is 9.90 Å². The van der Waals surface area contributed by atoms with E-state index < -0.39 is 5.97 Å². The number of hydrogen-bond donors (Lipinski definition) is 1. The monoisotopic (exact) mass is 260 g/mol. The molecule has 0 aliphatic rings. The summed E-state index contributed by atoms with van der Waals surface area (Å²) < 4.78 is 1.61. The standard InChI is InChI=1S/C13H16N4O2/c1-16-8-12(14-15-16)9-17(10-13(18)19)7-11-5-3-2-4-6-11/h2-6,8H,7,9-10H2,1H3,(H,18,19). The predicted molar refractivity (Wildman–Crippen MR) is 69.2 cm³/mol. The third kappa shape index (κ3) is 4.18. The highest BCUT2D eigenvalue weighted by molar-refractivity contribution is 5.69. The van der Waals surface area contributed by atoms with Crippen LogP contribution in [0.25, 0.3) is 0 Å². The summed E-state index contributed by atoms with van der Waals surface area (Å²) in [5, 5.41) is 16.8. The molecule has 100 valence electrons. The van der Waals surface area contributed by atoms with Crippen LogP contribution in [-0.4, -0.2) is 37.5 Å². The molecular formula is C13H16N4O2. The van der Waals surface area contributed by atoms with Gasteiger partial charge in [-0.2, -0.15) is 0 Å². The number of carbonyl (C=O) groups is 1. The number of carboxylic acid groups (broad SMARTS) is 1. The zero-order chi connectivity index (χ0) is 13.7. The Balaban J connectivity index is 2.05. The van der Waals surface area contributed by atoms with E-state index in [2.05, 4.69) is 10.3 Å². The van der Waals surface area contributed by atoms with Crippen molar-refractivity contribution in [2.45, 2.75) is 13.1 Å². The Bertz CT molecular complexity index is 539. The molecule has 0 spiro atoms. The van der Waals surface area contributed by atoms with E-state index in [1.807, 2.05) is 35.2 Å². The van der Waals surface area contributed by atoms with Crippen LogP contribution in [0.15, 0.2) is 36.5 Å². The van der Waals surface area contributed by atoms with Crippen molar-refractivity contribution >= 4 is 5.97 Å². The normalized spacial score (nSPS) is 10.8. The molecule has 2 aromatic rings. The van der Waals surface area contributed by atoms with Crippen molar-refractivity contribution in [3.05, 3.63) is 47.8 Å². The molecule has 6 heteroatoms. The van der Waals surface area contributed by atoms with E-state index >= 15 is 0 Å². The van der Waals surface area contributed by atoms with Crippen LogP contribution in [0.2, 0.25) is 0 Å². The van der Waals surface area contributed by atoms with E-state index in [4.69, 9.17) is 5.11 Å². The van der Waals surface area contributed by atoms with Gasteiger partial charge in [0, 0.05) is 26.3 Å². The molecule has 0 atom stereocenters. The van der Waals surface area contributed by atoms with Gasteiger partial charge in [0.25, 0.3) is 0 Å². The summed E-state index contributed by atoms with van der Waals surface area (Å²) in [5.41, 5.74) is 1.84. The Morgan fingerprint density at radius 2 is 2.05 bits per heavy atom. The number of aromatic nitrogens is 3. The van der Waals surface area contributed by atoms with Gasteiger partial charge in [0.15, 0.2) is 0 Å². The Morgan fingerprint density at radius 1 is 1.32 bits per heavy atom. The molecule has 6 nitrogen and oxygen atoms in total. The summed E-state index contributed by atoms with van der Waals surface area (Å²) in [6, 6.07) is 9.78. The molecule has 0 unspecified atom stereocenters. The smallest absolute Gasteiger partial charge is 0.317 e. The lowest BCUT2D eigenvalue weighted by atomic mass is 10.2. The zero-order valence-corrected chi connectivity index (χ0v) is 10.7. The topological polar surface area (TPSA) is 71.2 Å². The molecule has 1 aromatic carbocycles. The fourth-order valence-corrected chi connectivity index (χ4v) is 1.90. The van der Waals surface area contributed by atoms with Crippen molar-refractivity contribution in [1.82, 2.24) is 19.9 Å². The SMILES string of the molecule is Cn1cc(CN(CC(=O)O)Cc2ccccc2)nn1. The van der Waals surface area contributed by atoms with Crippen LogP contribution in [-0.2, 0) is 24.9 Å². The van der Waals surface area contributed by atoms with Crippen molar-refractivity contribution in [1.29, 1.82) is 0 Å². The zero-order valence-electron chi connectivity index (χ0n) is 10.7. The van der Waals surface area contributed by atoms with Crippen LogP contribution in [0.3, 0.4) is 0 Å². The molecule has 0 bridgehead atoms. The highest BCUT2D eigenvalue weighted by Crippen LogP contribution is 2.07. The maximum Gasteiger partial charge on any atom is 0.317 e. The second-order valence-corrected chi connectivity index (χ2v) is 4.41. The minimum atomic E-state index is -0.847. The summed E-state index contributed by atoms with van der Waals surface area (Å²) in [5.74, 6) is -0.847. The van der Waals surface area contributed by atoms with Gasteiger partial charge in [0.05, 0.1) is 12.2 Å². The third-order valence-corrected chi connectivity index (χ3v) is 2.64. The van der Waals surface area contributed by atoms with E-state index in [1.165, 1.54) is 0 Å². The van der Waals surface area contributed by atoms with Crippen LogP contribution in [0.4, 0.5) is 0 Å². The van der Waals surface area contributed by atoms with Gasteiger partial charge in [0.1, 0.15) is 0 Å². The first-order chi connectivity index (χ1) is 9.13. The first-order valence-corrected chi connectivity index (χ1v) is 5.97. The van der Waals surface area contributed by atoms with Gasteiger partial charge in [-0.1, -0.05) is 35.5 Å². The minimum absolute atomic E-state index is 0.0224. The number of carboxylic acids is 1. The molecular weight excluding hydrogens is 244 g/mol. The second kappa shape index (κ2) is 6.10. The quantitative estimate of drug-likeness (QED) is 0.835. The molecule has 1 heterocycles. The lowest BCUT2D eigenvalue weighted by Crippen LogP contribution is -2.29. The Morgan fingerprint density at radius 3 is 2.63 bits per heavy atom. The predicted octanol–water partition coefficient (Wildman–Crippen LogP) is 0.902. The van der Waals surface area contributed by atoms with Crippen molar-refractivity contribution in [2.75, 3.05) is 6.54 Å². The summed E-state index contributed by atoms with van der Waals surface area (Å²) in [6.45, 7) is 1.02. The van der Waals surface area contributed by atoms with Crippen LogP contribution >= 0.6 is 0 Å². The maximum absolute atomic E-state index is 10.9. The number of benzene rings is 1. The molecule has 1 aromatic heterocycles. The van der Waals surface area contributed by atoms with Crippen LogP contribution in [0, 0.1) is 0 Å². The molecule has 19 heavy (non-hydrogen) atoms. The van der Waals surface area contributed by atoms with Crippen LogP contribution < -0.4 is 0 Å². The lowest BCUT2D eigenvalue weighted by molar-refractivity contribution is -0.138. The molecule has 2 rings (SSSR count). The van der Waals surface area contributed by atoms with Gasteiger partial charge in [-0.05, 0) is 5.56 Å². The number of hydrogen-bond acceptors (Lipinski definition) is 4. The average Bonchev–Trinajstić information content (AvgIpc) is 2.75. The first-order valence-electron chi connectivity index (χ1n) is 5.97. The molecule has 0 aliphatic carbocycles. The van der Waals surface area contributed by atoms with Crippen molar-refractivity contribution in [3.63, 3.8) is 0 Å². The summed E-state index contributed by atoms with van der Waals surface area (Å²) >= 11 is 0. The number of rotatable bonds is 6. The van der Waals surface area contributed by atoms with E-state index in [1.54, 1.807) is 17.9 Å². The van der Waals surface area contributed by atoms with Gasteiger partial charge in [0.2, 0.25) is 0 Å². The number of nitrogens with zero attached hydrogens (tertiary/aromatic N) is 4. The van der Waals surface area contributed by atoms with Crippen LogP contribution in [0.1, 0.15) is 11.3 Å². The average molecular weight is 260 g/mol. The summed E-state index contributed by atoms with van der Waals surface area (Å²) in [7, 11) is 1.79. The van der Waals surface area contributed by atoms with E-state index in [9.17, 15) is 4.79 Å². The van der Waals surface area contributed by atoms with Gasteiger partial charge < -0.3 is 5.11 Å². The molecule has 1 N–H and O–H groups in total.